The smallest absolute Gasteiger partial charge is 0.303 e. The molecule has 1 aromatic carbocycles. The number of hydrogen-bond donors (Lipinski definition) is 1. The van der Waals surface area contributed by atoms with Crippen LogP contribution in [0.25, 0.3) is 0 Å². The minimum Gasteiger partial charge on any atom is -0.453 e. The van der Waals surface area contributed by atoms with Gasteiger partial charge in [0.1, 0.15) is 5.60 Å². The summed E-state index contributed by atoms with van der Waals surface area (Å²) in [5.74, 6) is -0.861. The average molecular weight is 297 g/mol. The molecule has 0 saturated carbocycles. The van der Waals surface area contributed by atoms with Gasteiger partial charge in [0.15, 0.2) is 5.78 Å². The molecule has 22 heavy (non-hydrogen) atoms. The molecule has 0 saturated heterocycles. The Morgan fingerprint density at radius 1 is 1.05 bits per heavy atom. The van der Waals surface area contributed by atoms with Crippen molar-refractivity contribution >= 4 is 17.5 Å². The van der Waals surface area contributed by atoms with E-state index >= 15 is 0 Å². The lowest BCUT2D eigenvalue weighted by Crippen LogP contribution is -2.24. The number of aromatic amines is 1. The minimum absolute atomic E-state index is 0.202. The first-order chi connectivity index (χ1) is 10.3. The lowest BCUT2D eigenvalue weighted by molar-refractivity contribution is -0.154. The molecule has 1 aromatic heterocycles. The number of aromatic nitrogens is 1. The highest BCUT2D eigenvalue weighted by Crippen LogP contribution is 2.32. The Bertz CT molecular complexity index is 761. The van der Waals surface area contributed by atoms with Crippen LogP contribution in [0.3, 0.4) is 0 Å². The summed E-state index contributed by atoms with van der Waals surface area (Å²) in [6.45, 7) is 4.72. The van der Waals surface area contributed by atoms with Gasteiger partial charge in [0.2, 0.25) is 5.78 Å². The fourth-order valence-electron chi connectivity index (χ4n) is 2.71. The van der Waals surface area contributed by atoms with Gasteiger partial charge in [-0.05, 0) is 19.9 Å². The van der Waals surface area contributed by atoms with Crippen molar-refractivity contribution in [2.24, 2.45) is 0 Å². The maximum atomic E-state index is 12.5. The second kappa shape index (κ2) is 4.66. The molecule has 0 atom stereocenters. The lowest BCUT2D eigenvalue weighted by Gasteiger charge is -2.23. The van der Waals surface area contributed by atoms with Crippen LogP contribution >= 0.6 is 0 Å². The summed E-state index contributed by atoms with van der Waals surface area (Å²) >= 11 is 0. The highest BCUT2D eigenvalue weighted by molar-refractivity contribution is 6.27. The van der Waals surface area contributed by atoms with Crippen molar-refractivity contribution in [3.8, 4) is 0 Å². The van der Waals surface area contributed by atoms with Crippen LogP contribution in [0.2, 0.25) is 0 Å². The van der Waals surface area contributed by atoms with Crippen LogP contribution in [0.15, 0.2) is 30.3 Å². The first kappa shape index (κ1) is 14.3. The van der Waals surface area contributed by atoms with E-state index in [1.165, 1.54) is 6.92 Å². The predicted octanol–water partition coefficient (Wildman–Crippen LogP) is 2.59. The number of esters is 1. The summed E-state index contributed by atoms with van der Waals surface area (Å²) in [5.41, 5.74) is 0.922. The molecule has 1 aliphatic rings. The molecule has 1 N–H and O–H groups in total. The number of rotatable bonds is 2. The molecular formula is C17H15NO4. The number of hydrogen-bond acceptors (Lipinski definition) is 4. The Morgan fingerprint density at radius 3 is 2.23 bits per heavy atom. The maximum absolute atomic E-state index is 12.5. The van der Waals surface area contributed by atoms with Crippen LogP contribution in [0.1, 0.15) is 58.4 Å². The third kappa shape index (κ3) is 2.06. The Morgan fingerprint density at radius 2 is 1.64 bits per heavy atom. The van der Waals surface area contributed by atoms with Crippen molar-refractivity contribution in [1.29, 1.82) is 0 Å². The van der Waals surface area contributed by atoms with Gasteiger partial charge < -0.3 is 9.72 Å². The molecule has 1 aliphatic carbocycles. The lowest BCUT2D eigenvalue weighted by atomic mass is 9.88. The summed E-state index contributed by atoms with van der Waals surface area (Å²) in [6.07, 6.45) is 0. The summed E-state index contributed by atoms with van der Waals surface area (Å²) in [6, 6.07) is 8.32. The second-order valence-corrected chi connectivity index (χ2v) is 5.78. The van der Waals surface area contributed by atoms with E-state index in [-0.39, 0.29) is 17.3 Å². The summed E-state index contributed by atoms with van der Waals surface area (Å²) in [4.78, 5) is 39.2. The number of ketones is 2. The van der Waals surface area contributed by atoms with Gasteiger partial charge in [-0.15, -0.1) is 0 Å². The number of nitrogens with one attached hydrogen (secondary N) is 1. The number of H-pyrrole nitrogens is 1. The van der Waals surface area contributed by atoms with E-state index in [1.807, 2.05) is 0 Å². The van der Waals surface area contributed by atoms with Crippen molar-refractivity contribution < 1.29 is 19.1 Å². The summed E-state index contributed by atoms with van der Waals surface area (Å²) in [5, 5.41) is 0. The Balaban J connectivity index is 2.12. The molecule has 0 fully saturated rings. The van der Waals surface area contributed by atoms with Crippen molar-refractivity contribution in [2.75, 3.05) is 0 Å². The normalized spacial score (nSPS) is 13.6. The highest BCUT2D eigenvalue weighted by Gasteiger charge is 2.35. The van der Waals surface area contributed by atoms with E-state index in [1.54, 1.807) is 44.2 Å². The first-order valence-corrected chi connectivity index (χ1v) is 6.93. The van der Waals surface area contributed by atoms with Gasteiger partial charge in [0.05, 0.1) is 17.0 Å². The van der Waals surface area contributed by atoms with Gasteiger partial charge in [0.25, 0.3) is 0 Å². The topological polar surface area (TPSA) is 76.2 Å². The number of benzene rings is 1. The van der Waals surface area contributed by atoms with Crippen molar-refractivity contribution in [3.05, 3.63) is 58.4 Å². The van der Waals surface area contributed by atoms with Crippen molar-refractivity contribution in [2.45, 2.75) is 26.4 Å². The zero-order valence-corrected chi connectivity index (χ0v) is 12.5. The van der Waals surface area contributed by atoms with Crippen molar-refractivity contribution in [1.82, 2.24) is 4.98 Å². The molecule has 5 heteroatoms. The van der Waals surface area contributed by atoms with Crippen LogP contribution in [0, 0.1) is 0 Å². The molecule has 0 radical (unpaired) electrons. The van der Waals surface area contributed by atoms with E-state index in [0.29, 0.717) is 22.4 Å². The number of fused-ring (bicyclic) bond motifs is 2. The minimum atomic E-state index is -0.948. The van der Waals surface area contributed by atoms with Crippen LogP contribution in [0.4, 0.5) is 0 Å². The van der Waals surface area contributed by atoms with Gasteiger partial charge in [0, 0.05) is 18.1 Å². The van der Waals surface area contributed by atoms with Gasteiger partial charge in [-0.2, -0.15) is 0 Å². The van der Waals surface area contributed by atoms with Crippen LogP contribution < -0.4 is 0 Å². The van der Waals surface area contributed by atoms with Crippen LogP contribution in [-0.4, -0.2) is 22.5 Å². The van der Waals surface area contributed by atoms with Crippen molar-refractivity contribution in [3.63, 3.8) is 0 Å². The number of carbonyl (C=O) groups is 3. The third-order valence-corrected chi connectivity index (χ3v) is 3.75. The fraction of sp³-hybridized carbons (Fsp3) is 0.235. The first-order valence-electron chi connectivity index (χ1n) is 6.93. The maximum Gasteiger partial charge on any atom is 0.303 e. The third-order valence-electron chi connectivity index (χ3n) is 3.75. The Hall–Kier alpha value is -2.69. The fourth-order valence-corrected chi connectivity index (χ4v) is 2.71. The van der Waals surface area contributed by atoms with Gasteiger partial charge in [-0.1, -0.05) is 24.3 Å². The van der Waals surface area contributed by atoms with E-state index in [9.17, 15) is 14.4 Å². The molecule has 0 spiro atoms. The van der Waals surface area contributed by atoms with Gasteiger partial charge >= 0.3 is 5.97 Å². The van der Waals surface area contributed by atoms with Crippen LogP contribution in [-0.2, 0) is 15.1 Å². The molecule has 0 aliphatic heterocycles. The number of carbonyl (C=O) groups excluding carboxylic acids is 3. The van der Waals surface area contributed by atoms with E-state index < -0.39 is 11.6 Å². The van der Waals surface area contributed by atoms with Gasteiger partial charge in [-0.3, -0.25) is 14.4 Å². The molecule has 5 nitrogen and oxygen atoms in total. The summed E-state index contributed by atoms with van der Waals surface area (Å²) in [7, 11) is 0. The highest BCUT2D eigenvalue weighted by atomic mass is 16.6. The number of ether oxygens (including phenoxy) is 1. The van der Waals surface area contributed by atoms with E-state index in [0.717, 1.165) is 0 Å². The van der Waals surface area contributed by atoms with Gasteiger partial charge in [-0.25, -0.2) is 0 Å². The quantitative estimate of drug-likeness (QED) is 0.738. The Labute approximate surface area is 127 Å². The molecular weight excluding hydrogens is 282 g/mol. The zero-order valence-electron chi connectivity index (χ0n) is 12.5. The molecule has 3 rings (SSSR count). The molecule has 0 amide bonds. The van der Waals surface area contributed by atoms with E-state index in [2.05, 4.69) is 4.98 Å². The second-order valence-electron chi connectivity index (χ2n) is 5.78. The van der Waals surface area contributed by atoms with Crippen LogP contribution in [0.5, 0.6) is 0 Å². The predicted molar refractivity (Wildman–Crippen MR) is 78.9 cm³/mol. The molecule has 112 valence electrons. The molecule has 0 unspecified atom stereocenters. The summed E-state index contributed by atoms with van der Waals surface area (Å²) < 4.78 is 5.26. The largest absolute Gasteiger partial charge is 0.453 e. The standard InChI is InChI=1S/C17H15NO4/c1-9(19)22-17(2,3)13-8-12-14(18-13)16(21)11-7-5-4-6-10(11)15(12)20/h4-8,18H,1-3H3. The monoisotopic (exact) mass is 297 g/mol. The Kier molecular flexibility index (Phi) is 3.02. The average Bonchev–Trinajstić information content (AvgIpc) is 2.90. The van der Waals surface area contributed by atoms with E-state index in [4.69, 9.17) is 4.74 Å². The molecule has 2 aromatic rings. The zero-order chi connectivity index (χ0) is 16.1. The SMILES string of the molecule is CC(=O)OC(C)(C)c1cc2c([nH]1)C(=O)c1ccccc1C2=O. The molecule has 0 bridgehead atoms. The molecule has 1 heterocycles.